The van der Waals surface area contributed by atoms with Gasteiger partial charge in [-0.25, -0.2) is 14.4 Å². The van der Waals surface area contributed by atoms with Crippen LogP contribution in [0.5, 0.6) is 11.5 Å². The molecular formula is C31H28O8S. The maximum absolute atomic E-state index is 12.7. The molecule has 0 unspecified atom stereocenters. The molecule has 0 heterocycles. The minimum atomic E-state index is -0.820. The Bertz CT molecular complexity index is 1360. The van der Waals surface area contributed by atoms with E-state index >= 15 is 0 Å². The molecule has 0 aliphatic rings. The van der Waals surface area contributed by atoms with E-state index in [9.17, 15) is 19.2 Å². The maximum Gasteiger partial charge on any atom is 0.513 e. The van der Waals surface area contributed by atoms with Gasteiger partial charge in [0, 0.05) is 22.1 Å². The van der Waals surface area contributed by atoms with Crippen LogP contribution in [0.1, 0.15) is 30.1 Å². The van der Waals surface area contributed by atoms with Gasteiger partial charge in [-0.2, -0.15) is 0 Å². The summed E-state index contributed by atoms with van der Waals surface area (Å²) in [5, 5.41) is -0.127. The summed E-state index contributed by atoms with van der Waals surface area (Å²) < 4.78 is 20.2. The molecule has 3 aromatic rings. The fourth-order valence-electron chi connectivity index (χ4n) is 3.19. The Morgan fingerprint density at radius 2 is 1.27 bits per heavy atom. The molecule has 0 spiro atoms. The third-order valence-electron chi connectivity index (χ3n) is 5.27. The first-order valence-corrected chi connectivity index (χ1v) is 13.1. The molecule has 0 saturated carbocycles. The summed E-state index contributed by atoms with van der Waals surface area (Å²) in [6.07, 6.45) is 1.33. The highest BCUT2D eigenvalue weighted by atomic mass is 32.2. The number of benzene rings is 3. The Labute approximate surface area is 236 Å². The predicted octanol–water partition coefficient (Wildman–Crippen LogP) is 6.79. The summed E-state index contributed by atoms with van der Waals surface area (Å²) in [5.41, 5.74) is 2.63. The lowest BCUT2D eigenvalue weighted by Crippen LogP contribution is -2.12. The quantitative estimate of drug-likeness (QED) is 0.0591. The first-order chi connectivity index (χ1) is 19.2. The number of ether oxygens (including phenoxy) is 4. The summed E-state index contributed by atoms with van der Waals surface area (Å²) in [6.45, 7) is 8.79. The van der Waals surface area contributed by atoms with Gasteiger partial charge in [0.1, 0.15) is 11.5 Å². The monoisotopic (exact) mass is 560 g/mol. The number of esters is 2. The lowest BCUT2D eigenvalue weighted by atomic mass is 10.0. The van der Waals surface area contributed by atoms with Crippen molar-refractivity contribution in [1.82, 2.24) is 0 Å². The number of hydrogen-bond donors (Lipinski definition) is 0. The molecular weight excluding hydrogens is 532 g/mol. The SMILES string of the molecule is C=CC(=O)Oc1ccc(SC(=O)c2ccc(-c3ccc(OC(=O)OCCCCOC(=O)C(=C)C)cc3)cc2)cc1. The van der Waals surface area contributed by atoms with Gasteiger partial charge in [-0.1, -0.05) is 37.4 Å². The van der Waals surface area contributed by atoms with Gasteiger partial charge >= 0.3 is 18.1 Å². The van der Waals surface area contributed by atoms with Crippen molar-refractivity contribution in [2.75, 3.05) is 13.2 Å². The van der Waals surface area contributed by atoms with Crippen molar-refractivity contribution in [2.24, 2.45) is 0 Å². The van der Waals surface area contributed by atoms with Gasteiger partial charge in [0.2, 0.25) is 5.12 Å². The fraction of sp³-hybridized carbons (Fsp3) is 0.161. The minimum absolute atomic E-state index is 0.127. The molecule has 0 atom stereocenters. The lowest BCUT2D eigenvalue weighted by Gasteiger charge is -2.08. The Morgan fingerprint density at radius 3 is 1.85 bits per heavy atom. The predicted molar refractivity (Wildman–Crippen MR) is 151 cm³/mol. The van der Waals surface area contributed by atoms with E-state index < -0.39 is 18.1 Å². The molecule has 8 nitrogen and oxygen atoms in total. The highest BCUT2D eigenvalue weighted by Gasteiger charge is 2.11. The largest absolute Gasteiger partial charge is 0.513 e. The molecule has 0 aliphatic heterocycles. The molecule has 0 N–H and O–H groups in total. The highest BCUT2D eigenvalue weighted by molar-refractivity contribution is 8.14. The van der Waals surface area contributed by atoms with E-state index in [1.165, 1.54) is 0 Å². The van der Waals surface area contributed by atoms with Crippen molar-refractivity contribution in [1.29, 1.82) is 0 Å². The number of unbranched alkanes of at least 4 members (excludes halogenated alkanes) is 1. The van der Waals surface area contributed by atoms with E-state index in [0.29, 0.717) is 40.4 Å². The first kappa shape index (κ1) is 29.9. The summed E-state index contributed by atoms with van der Waals surface area (Å²) in [6, 6.07) is 20.7. The maximum atomic E-state index is 12.7. The second-order valence-corrected chi connectivity index (χ2v) is 9.46. The fourth-order valence-corrected chi connectivity index (χ4v) is 3.93. The molecule has 0 saturated heterocycles. The van der Waals surface area contributed by atoms with Crippen LogP contribution in [-0.4, -0.2) is 36.4 Å². The normalized spacial score (nSPS) is 10.2. The van der Waals surface area contributed by atoms with Gasteiger partial charge < -0.3 is 18.9 Å². The summed E-state index contributed by atoms with van der Waals surface area (Å²) in [4.78, 5) is 47.9. The minimum Gasteiger partial charge on any atom is -0.462 e. The zero-order valence-corrected chi connectivity index (χ0v) is 22.7. The van der Waals surface area contributed by atoms with Crippen molar-refractivity contribution in [3.63, 3.8) is 0 Å². The van der Waals surface area contributed by atoms with Gasteiger partial charge in [-0.3, -0.25) is 4.79 Å². The topological polar surface area (TPSA) is 105 Å². The van der Waals surface area contributed by atoms with Crippen molar-refractivity contribution in [3.05, 3.63) is 103 Å². The van der Waals surface area contributed by atoms with Crippen LogP contribution in [-0.2, 0) is 19.1 Å². The molecule has 0 aliphatic carbocycles. The Balaban J connectivity index is 1.44. The van der Waals surface area contributed by atoms with Crippen LogP contribution in [0.25, 0.3) is 11.1 Å². The summed E-state index contributed by atoms with van der Waals surface area (Å²) in [7, 11) is 0. The average Bonchev–Trinajstić information content (AvgIpc) is 2.96. The van der Waals surface area contributed by atoms with E-state index in [0.717, 1.165) is 29.0 Å². The molecule has 3 rings (SSSR count). The standard InChI is InChI=1S/C31H28O8S/c1-4-28(32)38-25-15-17-27(18-16-25)40-30(34)24-9-7-22(8-10-24)23-11-13-26(14-12-23)39-31(35)37-20-6-5-19-36-29(33)21(2)3/h4,7-18H,1-2,5-6,19-20H2,3H3. The molecule has 0 fully saturated rings. The third-order valence-corrected chi connectivity index (χ3v) is 6.20. The first-order valence-electron chi connectivity index (χ1n) is 12.3. The highest BCUT2D eigenvalue weighted by Crippen LogP contribution is 2.27. The van der Waals surface area contributed by atoms with Crippen LogP contribution in [0.2, 0.25) is 0 Å². The van der Waals surface area contributed by atoms with E-state index in [2.05, 4.69) is 13.2 Å². The summed E-state index contributed by atoms with van der Waals surface area (Å²) in [5.74, 6) is -0.292. The number of carbonyl (C=O) groups is 4. The van der Waals surface area contributed by atoms with Crippen LogP contribution in [0.15, 0.2) is 102 Å². The molecule has 40 heavy (non-hydrogen) atoms. The number of carbonyl (C=O) groups excluding carboxylic acids is 4. The smallest absolute Gasteiger partial charge is 0.462 e. The Kier molecular flexibility index (Phi) is 11.3. The van der Waals surface area contributed by atoms with Gasteiger partial charge in [0.15, 0.2) is 0 Å². The van der Waals surface area contributed by atoms with Crippen LogP contribution < -0.4 is 9.47 Å². The van der Waals surface area contributed by atoms with Gasteiger partial charge in [0.25, 0.3) is 0 Å². The van der Waals surface area contributed by atoms with Gasteiger partial charge in [-0.05, 0) is 91.2 Å². The van der Waals surface area contributed by atoms with E-state index in [-0.39, 0.29) is 18.3 Å². The van der Waals surface area contributed by atoms with E-state index in [1.807, 2.05) is 12.1 Å². The zero-order valence-electron chi connectivity index (χ0n) is 21.9. The summed E-state index contributed by atoms with van der Waals surface area (Å²) >= 11 is 1.07. The van der Waals surface area contributed by atoms with Gasteiger partial charge in [-0.15, -0.1) is 0 Å². The zero-order chi connectivity index (χ0) is 28.9. The second kappa shape index (κ2) is 15.1. The molecule has 0 bridgehead atoms. The van der Waals surface area contributed by atoms with Crippen LogP contribution in [0.4, 0.5) is 4.79 Å². The molecule has 0 aromatic heterocycles. The van der Waals surface area contributed by atoms with Crippen molar-refractivity contribution >= 4 is 35.0 Å². The van der Waals surface area contributed by atoms with Crippen molar-refractivity contribution in [3.8, 4) is 22.6 Å². The van der Waals surface area contributed by atoms with Crippen LogP contribution >= 0.6 is 11.8 Å². The Morgan fingerprint density at radius 1 is 0.750 bits per heavy atom. The average molecular weight is 561 g/mol. The van der Waals surface area contributed by atoms with Crippen LogP contribution in [0, 0.1) is 0 Å². The molecule has 3 aromatic carbocycles. The van der Waals surface area contributed by atoms with Crippen LogP contribution in [0.3, 0.4) is 0 Å². The number of hydrogen-bond acceptors (Lipinski definition) is 9. The molecule has 206 valence electrons. The second-order valence-electron chi connectivity index (χ2n) is 8.41. The van der Waals surface area contributed by atoms with Crippen molar-refractivity contribution in [2.45, 2.75) is 24.7 Å². The van der Waals surface area contributed by atoms with Crippen molar-refractivity contribution < 1.29 is 38.1 Å². The van der Waals surface area contributed by atoms with E-state index in [4.69, 9.17) is 18.9 Å². The molecule has 9 heteroatoms. The molecule has 0 amide bonds. The van der Waals surface area contributed by atoms with E-state index in [1.54, 1.807) is 67.6 Å². The van der Waals surface area contributed by atoms with Gasteiger partial charge in [0.05, 0.1) is 13.2 Å². The Hall–Kier alpha value is -4.63. The number of rotatable bonds is 12. The number of thioether (sulfide) groups is 1. The lowest BCUT2D eigenvalue weighted by molar-refractivity contribution is -0.139. The third kappa shape index (κ3) is 9.59. The molecule has 0 radical (unpaired) electrons.